The molecule has 0 nitrogen and oxygen atoms in total. The third-order valence-electron chi connectivity index (χ3n) is 14.2. The van der Waals surface area contributed by atoms with Crippen LogP contribution in [0, 0.1) is 41.5 Å². The topological polar surface area (TPSA) is 0 Å². The van der Waals surface area contributed by atoms with E-state index in [-0.39, 0.29) is 0 Å². The van der Waals surface area contributed by atoms with Gasteiger partial charge in [0.05, 0.1) is 0 Å². The van der Waals surface area contributed by atoms with Crippen LogP contribution in [0.25, 0.3) is 77.9 Å². The van der Waals surface area contributed by atoms with Crippen LogP contribution >= 0.6 is 0 Å². The predicted octanol–water partition coefficient (Wildman–Crippen LogP) is 21.1. The maximum Gasteiger partial charge on any atom is -0.00134 e. The number of allylic oxidation sites excluding steroid dienone is 10. The predicted molar refractivity (Wildman–Crippen MR) is 329 cm³/mol. The Hall–Kier alpha value is -8.58. The van der Waals surface area contributed by atoms with Crippen molar-refractivity contribution in [3.05, 3.63) is 312 Å². The molecule has 0 heterocycles. The normalized spacial score (nSPS) is 11.8. The first-order chi connectivity index (χ1) is 36.5. The summed E-state index contributed by atoms with van der Waals surface area (Å²) in [5.74, 6) is 0. The minimum atomic E-state index is 1.02. The van der Waals surface area contributed by atoms with Crippen molar-refractivity contribution in [2.75, 3.05) is 0 Å². The molecule has 0 aliphatic heterocycles. The molecule has 0 unspecified atom stereocenters. The van der Waals surface area contributed by atoms with Gasteiger partial charge in [0.15, 0.2) is 0 Å². The highest BCUT2D eigenvalue weighted by Crippen LogP contribution is 2.41. The van der Waals surface area contributed by atoms with Crippen molar-refractivity contribution in [1.82, 2.24) is 0 Å². The molecular weight excluding hydrogens is 901 g/mol. The summed E-state index contributed by atoms with van der Waals surface area (Å²) in [7, 11) is 0. The fourth-order valence-corrected chi connectivity index (χ4v) is 9.92. The van der Waals surface area contributed by atoms with Gasteiger partial charge in [-0.3, -0.25) is 0 Å². The molecule has 0 saturated carbocycles. The summed E-state index contributed by atoms with van der Waals surface area (Å²) in [6.45, 7) is 24.9. The number of aryl methyl sites for hydroxylation is 6. The molecule has 75 heavy (non-hydrogen) atoms. The van der Waals surface area contributed by atoms with Gasteiger partial charge in [0.25, 0.3) is 0 Å². The van der Waals surface area contributed by atoms with Crippen molar-refractivity contribution in [3.63, 3.8) is 0 Å². The molecule has 1 aliphatic rings. The SMILES string of the molecule is C=C/C(=C\C=C/C)c1cccc(-c2ccc(C)c(-c3cc(-c4ccc5c(c4)-c4cc(C)ccc4C5)ccc3C)c2)c1.C=C/C=C\C(=C/C)c1cccc(-c2ccc(C)c(-c3ccccc3C)c2)c1.Cc1ccccc1. The van der Waals surface area contributed by atoms with Crippen molar-refractivity contribution in [3.8, 4) is 66.8 Å². The van der Waals surface area contributed by atoms with E-state index in [2.05, 4.69) is 262 Å². The molecule has 0 bridgehead atoms. The molecule has 0 spiro atoms. The van der Waals surface area contributed by atoms with Gasteiger partial charge in [-0.1, -0.05) is 231 Å². The fourth-order valence-electron chi connectivity index (χ4n) is 9.92. The summed E-state index contributed by atoms with van der Waals surface area (Å²) < 4.78 is 0. The fraction of sp³-hybridized carbons (Fsp3) is 0.120. The lowest BCUT2D eigenvalue weighted by atomic mass is 9.89. The smallest absolute Gasteiger partial charge is 0.00134 e. The first-order valence-corrected chi connectivity index (χ1v) is 26.2. The Bertz CT molecular complexity index is 3620. The summed E-state index contributed by atoms with van der Waals surface area (Å²) in [6, 6.07) is 70.7. The Labute approximate surface area is 448 Å². The van der Waals surface area contributed by atoms with E-state index in [4.69, 9.17) is 0 Å². The Balaban J connectivity index is 0.000000188. The van der Waals surface area contributed by atoms with Crippen LogP contribution in [0.5, 0.6) is 0 Å². The van der Waals surface area contributed by atoms with E-state index in [1.54, 1.807) is 0 Å². The molecule has 0 saturated heterocycles. The molecule has 0 amide bonds. The van der Waals surface area contributed by atoms with E-state index in [1.165, 1.54) is 128 Å². The van der Waals surface area contributed by atoms with Crippen molar-refractivity contribution >= 4 is 11.1 Å². The molecule has 0 N–H and O–H groups in total. The number of hydrogen-bond acceptors (Lipinski definition) is 0. The largest absolute Gasteiger partial charge is 0.0991 e. The quantitative estimate of drug-likeness (QED) is 0.113. The van der Waals surface area contributed by atoms with Gasteiger partial charge < -0.3 is 0 Å². The van der Waals surface area contributed by atoms with Crippen molar-refractivity contribution < 1.29 is 0 Å². The van der Waals surface area contributed by atoms with E-state index >= 15 is 0 Å². The van der Waals surface area contributed by atoms with Crippen LogP contribution < -0.4 is 0 Å². The number of benzene rings is 9. The highest BCUT2D eigenvalue weighted by Gasteiger charge is 2.20. The van der Waals surface area contributed by atoms with E-state index < -0.39 is 0 Å². The lowest BCUT2D eigenvalue weighted by Gasteiger charge is -2.15. The molecule has 9 aromatic carbocycles. The maximum atomic E-state index is 4.03. The van der Waals surface area contributed by atoms with Gasteiger partial charge >= 0.3 is 0 Å². The first kappa shape index (κ1) is 52.7. The van der Waals surface area contributed by atoms with E-state index in [0.29, 0.717) is 0 Å². The number of fused-ring (bicyclic) bond motifs is 3. The summed E-state index contributed by atoms with van der Waals surface area (Å²) in [5, 5.41) is 0. The third-order valence-corrected chi connectivity index (χ3v) is 14.2. The van der Waals surface area contributed by atoms with Crippen LogP contribution in [0.1, 0.15) is 69.5 Å². The zero-order chi connectivity index (χ0) is 52.8. The lowest BCUT2D eigenvalue weighted by molar-refractivity contribution is 1.26. The van der Waals surface area contributed by atoms with Crippen molar-refractivity contribution in [2.24, 2.45) is 0 Å². The second-order valence-corrected chi connectivity index (χ2v) is 19.6. The van der Waals surface area contributed by atoms with Crippen molar-refractivity contribution in [2.45, 2.75) is 61.8 Å². The minimum Gasteiger partial charge on any atom is -0.0991 e. The summed E-state index contributed by atoms with van der Waals surface area (Å²) in [6.07, 6.45) is 17.2. The Morgan fingerprint density at radius 2 is 0.840 bits per heavy atom. The molecule has 0 radical (unpaired) electrons. The summed E-state index contributed by atoms with van der Waals surface area (Å²) in [5.41, 5.74) is 30.7. The summed E-state index contributed by atoms with van der Waals surface area (Å²) >= 11 is 0. The molecule has 370 valence electrons. The van der Waals surface area contributed by atoms with Gasteiger partial charge in [0, 0.05) is 0 Å². The summed E-state index contributed by atoms with van der Waals surface area (Å²) in [4.78, 5) is 0. The number of hydrogen-bond donors (Lipinski definition) is 0. The van der Waals surface area contributed by atoms with E-state index in [0.717, 1.165) is 12.0 Å². The van der Waals surface area contributed by atoms with Gasteiger partial charge in [-0.2, -0.15) is 0 Å². The zero-order valence-corrected chi connectivity index (χ0v) is 45.2. The van der Waals surface area contributed by atoms with Gasteiger partial charge in [-0.15, -0.1) is 0 Å². The number of rotatable bonds is 11. The van der Waals surface area contributed by atoms with Crippen LogP contribution in [0.3, 0.4) is 0 Å². The van der Waals surface area contributed by atoms with Gasteiger partial charge in [0.1, 0.15) is 0 Å². The second-order valence-electron chi connectivity index (χ2n) is 19.6. The van der Waals surface area contributed by atoms with Crippen LogP contribution in [0.15, 0.2) is 256 Å². The Morgan fingerprint density at radius 3 is 1.35 bits per heavy atom. The first-order valence-electron chi connectivity index (χ1n) is 26.2. The van der Waals surface area contributed by atoms with Crippen LogP contribution in [-0.4, -0.2) is 0 Å². The van der Waals surface area contributed by atoms with Gasteiger partial charge in [-0.25, -0.2) is 0 Å². The van der Waals surface area contributed by atoms with E-state index in [1.807, 2.05) is 49.4 Å². The Kier molecular flexibility index (Phi) is 17.5. The average molecular weight is 971 g/mol. The molecule has 1 aliphatic carbocycles. The monoisotopic (exact) mass is 971 g/mol. The molecule has 9 aromatic rings. The molecule has 0 fully saturated rings. The van der Waals surface area contributed by atoms with E-state index in [9.17, 15) is 0 Å². The zero-order valence-electron chi connectivity index (χ0n) is 45.2. The van der Waals surface area contributed by atoms with Gasteiger partial charge in [-0.05, 0) is 221 Å². The average Bonchev–Trinajstić information content (AvgIpc) is 3.80. The molecule has 0 atom stereocenters. The van der Waals surface area contributed by atoms with Crippen molar-refractivity contribution in [1.29, 1.82) is 0 Å². The molecule has 0 aromatic heterocycles. The van der Waals surface area contributed by atoms with Crippen LogP contribution in [0.2, 0.25) is 0 Å². The highest BCUT2D eigenvalue weighted by molar-refractivity contribution is 5.86. The second kappa shape index (κ2) is 24.9. The third kappa shape index (κ3) is 12.8. The lowest BCUT2D eigenvalue weighted by Crippen LogP contribution is -1.91. The Morgan fingerprint density at radius 1 is 0.373 bits per heavy atom. The molecule has 10 rings (SSSR count). The maximum absolute atomic E-state index is 4.03. The van der Waals surface area contributed by atoms with Gasteiger partial charge in [0.2, 0.25) is 0 Å². The minimum absolute atomic E-state index is 1.02. The molecular formula is C75H70. The highest BCUT2D eigenvalue weighted by atomic mass is 14.2. The molecule has 0 heteroatoms. The van der Waals surface area contributed by atoms with Crippen LogP contribution in [0.4, 0.5) is 0 Å². The van der Waals surface area contributed by atoms with Crippen LogP contribution in [-0.2, 0) is 6.42 Å². The standard InChI is InChI=1S/C41H36.C27H26.C7H8/c1-6-8-10-30(7-2)31-11-9-12-32(22-31)33-17-14-28(4)38(24-33)39-25-34(18-15-29(39)5)35-19-20-37-23-36-16-13-27(3)21-40(36)41(37)26-35;1-5-7-12-22(6-2)23-13-10-14-24(18-23)25-17-16-21(4)27(19-25)26-15-9-8-11-20(26)3;1-7-5-3-2-4-6-7/h6-22,24-26H,2,23H2,1,3-5H3;5-19H,1H2,2-4H3;2-6H,1H3/b8-6-,30-10+;12-7-,22-6+;.